The van der Waals surface area contributed by atoms with Gasteiger partial charge in [-0.2, -0.15) is 0 Å². The molecule has 2 aromatic carbocycles. The summed E-state index contributed by atoms with van der Waals surface area (Å²) in [4.78, 5) is 12.3. The molecule has 1 aliphatic heterocycles. The number of fused-ring (bicyclic) bond motifs is 1. The van der Waals surface area contributed by atoms with Crippen LogP contribution in [0.5, 0.6) is 0 Å². The molecular weight excluding hydrogens is 404 g/mol. The van der Waals surface area contributed by atoms with Gasteiger partial charge in [0, 0.05) is 17.4 Å². The van der Waals surface area contributed by atoms with Crippen LogP contribution >= 0.6 is 0 Å². The number of hydrogen-bond donors (Lipinski definition) is 1. The minimum absolute atomic E-state index is 0.105. The molecule has 0 saturated carbocycles. The second-order valence-corrected chi connectivity index (χ2v) is 14.7. The Kier molecular flexibility index (Phi) is 5.70. The summed E-state index contributed by atoms with van der Waals surface area (Å²) in [6.07, 6.45) is -0.779. The highest BCUT2D eigenvalue weighted by Gasteiger charge is 2.42. The van der Waals surface area contributed by atoms with Crippen LogP contribution in [-0.2, 0) is 15.7 Å². The summed E-state index contributed by atoms with van der Waals surface area (Å²) in [6, 6.07) is 20.6. The Balaban J connectivity index is 1.67. The third-order valence-corrected chi connectivity index (χ3v) is 11.2. The van der Waals surface area contributed by atoms with Crippen LogP contribution in [-0.4, -0.2) is 31.6 Å². The van der Waals surface area contributed by atoms with Gasteiger partial charge in [-0.25, -0.2) is 4.79 Å². The first-order valence-electron chi connectivity index (χ1n) is 10.9. The van der Waals surface area contributed by atoms with Crippen molar-refractivity contribution < 1.29 is 14.0 Å². The van der Waals surface area contributed by atoms with E-state index in [2.05, 4.69) is 74.1 Å². The zero-order valence-corrected chi connectivity index (χ0v) is 20.0. The molecule has 31 heavy (non-hydrogen) atoms. The van der Waals surface area contributed by atoms with Gasteiger partial charge in [0.25, 0.3) is 0 Å². The number of nitrogens with one attached hydrogen (secondary N) is 1. The van der Waals surface area contributed by atoms with Crippen LogP contribution in [0.2, 0.25) is 18.1 Å². The van der Waals surface area contributed by atoms with E-state index in [0.717, 1.165) is 16.6 Å². The normalized spacial score (nSPS) is 19.5. The number of aromatic nitrogens is 1. The van der Waals surface area contributed by atoms with Gasteiger partial charge in [0.2, 0.25) is 0 Å². The lowest BCUT2D eigenvalue weighted by Gasteiger charge is -2.37. The van der Waals surface area contributed by atoms with Gasteiger partial charge in [0.05, 0.1) is 18.3 Å². The van der Waals surface area contributed by atoms with Crippen LogP contribution in [0.3, 0.4) is 0 Å². The fourth-order valence-corrected chi connectivity index (χ4v) is 4.81. The Morgan fingerprint density at radius 2 is 1.74 bits per heavy atom. The Hall–Kier alpha value is -2.57. The first kappa shape index (κ1) is 21.7. The highest BCUT2D eigenvalue weighted by molar-refractivity contribution is 6.74. The Bertz CT molecular complexity index is 1070. The number of cyclic esters (lactones) is 1. The topological polar surface area (TPSA) is 52.5 Å². The van der Waals surface area contributed by atoms with Crippen LogP contribution in [0.25, 0.3) is 10.9 Å². The number of carbonyl (C=O) groups is 1. The second kappa shape index (κ2) is 8.17. The number of benzene rings is 2. The van der Waals surface area contributed by atoms with Gasteiger partial charge in [-0.05, 0) is 35.8 Å². The van der Waals surface area contributed by atoms with E-state index in [1.807, 2.05) is 30.3 Å². The largest absolute Gasteiger partial charge is 0.437 e. The highest BCUT2D eigenvalue weighted by Crippen LogP contribution is 2.38. The van der Waals surface area contributed by atoms with Gasteiger partial charge in [-0.1, -0.05) is 69.3 Å². The van der Waals surface area contributed by atoms with E-state index in [9.17, 15) is 4.79 Å². The SMILES string of the molecule is CC(C)(C)[Si](C)(C)OC[C@H]1NC(=O)O[C@@H]1c1cc2ccccc2n1Cc1ccccc1. The van der Waals surface area contributed by atoms with Crippen molar-refractivity contribution in [2.24, 2.45) is 0 Å². The van der Waals surface area contributed by atoms with Crippen molar-refractivity contribution >= 4 is 25.3 Å². The van der Waals surface area contributed by atoms with Crippen molar-refractivity contribution in [2.45, 2.75) is 57.6 Å². The summed E-state index contributed by atoms with van der Waals surface area (Å²) in [7, 11) is -1.95. The summed E-state index contributed by atoms with van der Waals surface area (Å²) in [6.45, 7) is 12.3. The van der Waals surface area contributed by atoms with Crippen molar-refractivity contribution in [1.82, 2.24) is 9.88 Å². The smallest absolute Gasteiger partial charge is 0.408 e. The number of para-hydroxylation sites is 1. The average molecular weight is 437 g/mol. The molecule has 1 amide bonds. The number of carbonyl (C=O) groups excluding carboxylic acids is 1. The standard InChI is InChI=1S/C25H32N2O3Si/c1-25(2,3)31(4,5)29-17-20-23(30-24(28)26-20)22-15-19-13-9-10-14-21(19)27(22)16-18-11-7-6-8-12-18/h6-15,20,23H,16-17H2,1-5H3,(H,26,28)/t20-,23+/m1/s1. The maximum atomic E-state index is 12.3. The first-order valence-corrected chi connectivity index (χ1v) is 13.8. The molecule has 1 saturated heterocycles. The molecule has 0 radical (unpaired) electrons. The number of nitrogens with zero attached hydrogens (tertiary/aromatic N) is 1. The summed E-state index contributed by atoms with van der Waals surface area (Å²) in [5.41, 5.74) is 3.33. The predicted octanol–water partition coefficient (Wildman–Crippen LogP) is 5.86. The summed E-state index contributed by atoms with van der Waals surface area (Å²) >= 11 is 0. The Morgan fingerprint density at radius 3 is 2.45 bits per heavy atom. The monoisotopic (exact) mass is 436 g/mol. The molecule has 3 aromatic rings. The quantitative estimate of drug-likeness (QED) is 0.492. The second-order valence-electron chi connectivity index (χ2n) is 9.85. The third kappa shape index (κ3) is 4.41. The van der Waals surface area contributed by atoms with Crippen molar-refractivity contribution in [1.29, 1.82) is 0 Å². The molecule has 0 unspecified atom stereocenters. The zero-order valence-electron chi connectivity index (χ0n) is 19.0. The predicted molar refractivity (Wildman–Crippen MR) is 127 cm³/mol. The Labute approximate surface area is 185 Å². The molecule has 4 rings (SSSR count). The fraction of sp³-hybridized carbons (Fsp3) is 0.400. The number of alkyl carbamates (subject to hydrolysis) is 1. The van der Waals surface area contributed by atoms with Crippen LogP contribution < -0.4 is 5.32 Å². The molecule has 1 fully saturated rings. The molecule has 2 atom stereocenters. The van der Waals surface area contributed by atoms with Crippen molar-refractivity contribution in [2.75, 3.05) is 6.61 Å². The van der Waals surface area contributed by atoms with Gasteiger partial charge < -0.3 is 19.0 Å². The van der Waals surface area contributed by atoms with E-state index < -0.39 is 14.4 Å². The molecule has 2 heterocycles. The highest BCUT2D eigenvalue weighted by atomic mass is 28.4. The van der Waals surface area contributed by atoms with Gasteiger partial charge in [-0.15, -0.1) is 0 Å². The molecule has 6 heteroatoms. The molecule has 0 bridgehead atoms. The molecule has 0 spiro atoms. The summed E-state index contributed by atoms with van der Waals surface area (Å²) < 4.78 is 14.5. The minimum atomic E-state index is -1.95. The van der Waals surface area contributed by atoms with Crippen molar-refractivity contribution in [3.05, 3.63) is 71.9 Å². The lowest BCUT2D eigenvalue weighted by atomic mass is 10.1. The first-order chi connectivity index (χ1) is 14.7. The number of rotatable bonds is 6. The van der Waals surface area contributed by atoms with E-state index in [1.165, 1.54) is 5.56 Å². The molecular formula is C25H32N2O3Si. The van der Waals surface area contributed by atoms with Crippen LogP contribution in [0.4, 0.5) is 4.79 Å². The number of ether oxygens (including phenoxy) is 1. The molecule has 1 aliphatic rings. The Morgan fingerprint density at radius 1 is 1.06 bits per heavy atom. The van der Waals surface area contributed by atoms with Gasteiger partial charge in [-0.3, -0.25) is 0 Å². The minimum Gasteiger partial charge on any atom is -0.437 e. The lowest BCUT2D eigenvalue weighted by molar-refractivity contribution is 0.116. The van der Waals surface area contributed by atoms with Crippen molar-refractivity contribution in [3.63, 3.8) is 0 Å². The number of amides is 1. The molecule has 1 N–H and O–H groups in total. The average Bonchev–Trinajstić information content (AvgIpc) is 3.27. The van der Waals surface area contributed by atoms with Gasteiger partial charge in [0.15, 0.2) is 14.4 Å². The van der Waals surface area contributed by atoms with E-state index >= 15 is 0 Å². The van der Waals surface area contributed by atoms with Crippen LogP contribution in [0.1, 0.15) is 38.1 Å². The van der Waals surface area contributed by atoms with Gasteiger partial charge >= 0.3 is 6.09 Å². The molecule has 1 aromatic heterocycles. The van der Waals surface area contributed by atoms with E-state index in [1.54, 1.807) is 0 Å². The molecule has 5 nitrogen and oxygen atoms in total. The van der Waals surface area contributed by atoms with Crippen LogP contribution in [0.15, 0.2) is 60.7 Å². The third-order valence-electron chi connectivity index (χ3n) is 6.65. The number of hydrogen-bond acceptors (Lipinski definition) is 3. The zero-order chi connectivity index (χ0) is 22.2. The van der Waals surface area contributed by atoms with E-state index in [4.69, 9.17) is 9.16 Å². The van der Waals surface area contributed by atoms with E-state index in [0.29, 0.717) is 13.2 Å². The molecule has 164 valence electrons. The molecule has 0 aliphatic carbocycles. The summed E-state index contributed by atoms with van der Waals surface area (Å²) in [5, 5.41) is 4.23. The fourth-order valence-electron chi connectivity index (χ4n) is 3.78. The maximum absolute atomic E-state index is 12.3. The maximum Gasteiger partial charge on any atom is 0.408 e. The van der Waals surface area contributed by atoms with Crippen LogP contribution in [0, 0.1) is 0 Å². The lowest BCUT2D eigenvalue weighted by Crippen LogP contribution is -2.45. The van der Waals surface area contributed by atoms with Crippen molar-refractivity contribution in [3.8, 4) is 0 Å². The summed E-state index contributed by atoms with van der Waals surface area (Å²) in [5.74, 6) is 0. The van der Waals surface area contributed by atoms with E-state index in [-0.39, 0.29) is 17.2 Å². The van der Waals surface area contributed by atoms with Gasteiger partial charge in [0.1, 0.15) is 0 Å².